The molecule has 0 aliphatic carbocycles. The van der Waals surface area contributed by atoms with Crippen LogP contribution in [0.15, 0.2) is 0 Å². The number of alkyl halides is 5. The number of hydrogen-bond acceptors (Lipinski definition) is 2. The van der Waals surface area contributed by atoms with Crippen molar-refractivity contribution in [1.82, 2.24) is 0 Å². The van der Waals surface area contributed by atoms with E-state index in [4.69, 9.17) is 10.0 Å². The molecule has 0 radical (unpaired) electrons. The lowest BCUT2D eigenvalue weighted by Crippen LogP contribution is -2.50. The number of halogens is 5. The van der Waals surface area contributed by atoms with Crippen molar-refractivity contribution in [1.29, 1.82) is 0 Å². The molecule has 0 amide bonds. The minimum atomic E-state index is -5.92. The van der Waals surface area contributed by atoms with Crippen LogP contribution in [0.1, 0.15) is 0 Å². The molecule has 0 rings (SSSR count). The third kappa shape index (κ3) is 1.57. The molecule has 0 fully saturated rings. The van der Waals surface area contributed by atoms with E-state index in [1.807, 2.05) is 0 Å². The smallest absolute Gasteiger partial charge is 0.423 e. The molecular formula is C2H2BF5O2. The maximum atomic E-state index is 11.4. The van der Waals surface area contributed by atoms with Crippen LogP contribution in [0.5, 0.6) is 0 Å². The summed E-state index contributed by atoms with van der Waals surface area (Å²) in [6.07, 6.45) is -5.92. The molecule has 10 heavy (non-hydrogen) atoms. The first-order valence-electron chi connectivity index (χ1n) is 2.00. The number of rotatable bonds is 1. The molecule has 0 bridgehead atoms. The second-order valence-electron chi connectivity index (χ2n) is 1.49. The monoisotopic (exact) mass is 164 g/mol. The molecule has 2 nitrogen and oxygen atoms in total. The van der Waals surface area contributed by atoms with Crippen LogP contribution >= 0.6 is 0 Å². The van der Waals surface area contributed by atoms with Gasteiger partial charge in [0.15, 0.2) is 0 Å². The van der Waals surface area contributed by atoms with Crippen LogP contribution in [0.25, 0.3) is 0 Å². The van der Waals surface area contributed by atoms with Crippen LogP contribution in [0, 0.1) is 0 Å². The molecule has 8 heteroatoms. The highest BCUT2D eigenvalue weighted by molar-refractivity contribution is 6.44. The van der Waals surface area contributed by atoms with Gasteiger partial charge >= 0.3 is 19.1 Å². The van der Waals surface area contributed by atoms with Gasteiger partial charge in [-0.1, -0.05) is 0 Å². The summed E-state index contributed by atoms with van der Waals surface area (Å²) in [5.74, 6) is -5.45. The Hall–Kier alpha value is -0.365. The van der Waals surface area contributed by atoms with Gasteiger partial charge in [0.25, 0.3) is 0 Å². The second-order valence-corrected chi connectivity index (χ2v) is 1.49. The van der Waals surface area contributed by atoms with Crippen molar-refractivity contribution in [2.24, 2.45) is 0 Å². The largest absolute Gasteiger partial charge is 0.540 e. The fourth-order valence-electron chi connectivity index (χ4n) is 0.146. The highest BCUT2D eigenvalue weighted by Crippen LogP contribution is 2.35. The summed E-state index contributed by atoms with van der Waals surface area (Å²) in [6.45, 7) is 0. The Morgan fingerprint density at radius 3 is 1.20 bits per heavy atom. The van der Waals surface area contributed by atoms with Gasteiger partial charge < -0.3 is 10.0 Å². The summed E-state index contributed by atoms with van der Waals surface area (Å²) in [7, 11) is -3.70. The summed E-state index contributed by atoms with van der Waals surface area (Å²) in [5.41, 5.74) is 0. The van der Waals surface area contributed by atoms with Gasteiger partial charge in [-0.15, -0.1) is 0 Å². The molecular weight excluding hydrogens is 162 g/mol. The predicted molar refractivity (Wildman–Crippen MR) is 21.2 cm³/mol. The fraction of sp³-hybridized carbons (Fsp3) is 1.00. The van der Waals surface area contributed by atoms with Crippen molar-refractivity contribution in [2.75, 3.05) is 0 Å². The van der Waals surface area contributed by atoms with Crippen molar-refractivity contribution in [3.8, 4) is 0 Å². The van der Waals surface area contributed by atoms with Crippen LogP contribution in [0.3, 0.4) is 0 Å². The normalized spacial score (nSPS) is 13.5. The molecule has 0 atom stereocenters. The van der Waals surface area contributed by atoms with Crippen LogP contribution < -0.4 is 0 Å². The molecule has 0 spiro atoms. The zero-order valence-corrected chi connectivity index (χ0v) is 4.36. The summed E-state index contributed by atoms with van der Waals surface area (Å²) >= 11 is 0. The van der Waals surface area contributed by atoms with Crippen LogP contribution in [0.2, 0.25) is 0 Å². The summed E-state index contributed by atoms with van der Waals surface area (Å²) in [5, 5.41) is 15.0. The van der Waals surface area contributed by atoms with Crippen molar-refractivity contribution in [3.05, 3.63) is 0 Å². The Morgan fingerprint density at radius 2 is 1.20 bits per heavy atom. The minimum absolute atomic E-state index is 3.70. The zero-order valence-electron chi connectivity index (χ0n) is 4.36. The van der Waals surface area contributed by atoms with E-state index >= 15 is 0 Å². The van der Waals surface area contributed by atoms with E-state index in [0.717, 1.165) is 0 Å². The van der Waals surface area contributed by atoms with Gasteiger partial charge in [-0.05, 0) is 0 Å². The first-order valence-corrected chi connectivity index (χ1v) is 2.00. The molecule has 0 saturated carbocycles. The Morgan fingerprint density at radius 1 is 0.900 bits per heavy atom. The maximum absolute atomic E-state index is 11.4. The lowest BCUT2D eigenvalue weighted by molar-refractivity contribution is -0.253. The van der Waals surface area contributed by atoms with E-state index in [-0.39, 0.29) is 0 Å². The van der Waals surface area contributed by atoms with E-state index in [1.165, 1.54) is 0 Å². The highest BCUT2D eigenvalue weighted by atomic mass is 19.4. The second kappa shape index (κ2) is 2.35. The van der Waals surface area contributed by atoms with Crippen LogP contribution in [0.4, 0.5) is 22.0 Å². The van der Waals surface area contributed by atoms with E-state index in [2.05, 4.69) is 0 Å². The van der Waals surface area contributed by atoms with E-state index in [0.29, 0.717) is 0 Å². The summed E-state index contributed by atoms with van der Waals surface area (Å²) in [4.78, 5) is 0. The van der Waals surface area contributed by atoms with E-state index in [9.17, 15) is 22.0 Å². The Labute approximate surface area is 52.4 Å². The molecule has 2 N–H and O–H groups in total. The lowest BCUT2D eigenvalue weighted by atomic mass is 9.80. The molecule has 0 aliphatic rings. The standard InChI is InChI=1S/C2H2BF5O2/c4-1(5,3(9)10)2(6,7)8/h9-10H. The van der Waals surface area contributed by atoms with Gasteiger partial charge in [-0.25, -0.2) is 0 Å². The average Bonchev–Trinajstić information content (AvgIpc) is 1.62. The summed E-state index contributed by atoms with van der Waals surface area (Å²) < 4.78 is 55.9. The molecule has 0 unspecified atom stereocenters. The van der Waals surface area contributed by atoms with Gasteiger partial charge in [-0.2, -0.15) is 22.0 Å². The summed E-state index contributed by atoms with van der Waals surface area (Å²) in [6, 6.07) is 0. The van der Waals surface area contributed by atoms with Crippen molar-refractivity contribution in [2.45, 2.75) is 12.0 Å². The first kappa shape index (κ1) is 9.63. The van der Waals surface area contributed by atoms with Crippen LogP contribution in [-0.4, -0.2) is 29.2 Å². The van der Waals surface area contributed by atoms with Gasteiger partial charge in [-0.3, -0.25) is 0 Å². The predicted octanol–water partition coefficient (Wildman–Crippen LogP) is 0.196. The molecule has 0 aromatic rings. The van der Waals surface area contributed by atoms with Crippen molar-refractivity contribution in [3.63, 3.8) is 0 Å². The fourth-order valence-corrected chi connectivity index (χ4v) is 0.146. The van der Waals surface area contributed by atoms with Gasteiger partial charge in [0.1, 0.15) is 0 Å². The van der Waals surface area contributed by atoms with Gasteiger partial charge in [0, 0.05) is 0 Å². The molecule has 0 heterocycles. The Bertz CT molecular complexity index is 119. The Kier molecular flexibility index (Phi) is 2.26. The van der Waals surface area contributed by atoms with Gasteiger partial charge in [0.05, 0.1) is 0 Å². The average molecular weight is 164 g/mol. The molecule has 0 aliphatic heterocycles. The molecule has 0 aromatic carbocycles. The Balaban J connectivity index is 4.40. The molecule has 60 valence electrons. The van der Waals surface area contributed by atoms with Crippen molar-refractivity contribution >= 4 is 7.12 Å². The molecule has 0 saturated heterocycles. The maximum Gasteiger partial charge on any atom is 0.540 e. The highest BCUT2D eigenvalue weighted by Gasteiger charge is 2.65. The lowest BCUT2D eigenvalue weighted by Gasteiger charge is -2.17. The molecule has 0 aromatic heterocycles. The van der Waals surface area contributed by atoms with Gasteiger partial charge in [0.2, 0.25) is 0 Å². The zero-order chi connectivity index (χ0) is 8.58. The topological polar surface area (TPSA) is 40.5 Å². The quantitative estimate of drug-likeness (QED) is 0.429. The van der Waals surface area contributed by atoms with Crippen LogP contribution in [-0.2, 0) is 0 Å². The van der Waals surface area contributed by atoms with E-state index < -0.39 is 19.1 Å². The third-order valence-corrected chi connectivity index (χ3v) is 0.702. The third-order valence-electron chi connectivity index (χ3n) is 0.702. The SMILES string of the molecule is OB(O)C(F)(F)C(F)(F)F. The first-order chi connectivity index (χ1) is 4.19. The van der Waals surface area contributed by atoms with E-state index in [1.54, 1.807) is 0 Å². The number of hydrogen-bond donors (Lipinski definition) is 2. The minimum Gasteiger partial charge on any atom is -0.423 e. The van der Waals surface area contributed by atoms with Crippen molar-refractivity contribution < 1.29 is 32.0 Å².